The minimum atomic E-state index is -1.18. The lowest BCUT2D eigenvalue weighted by atomic mass is 9.62. The zero-order valence-corrected chi connectivity index (χ0v) is 23.7. The summed E-state index contributed by atoms with van der Waals surface area (Å²) in [5.74, 6) is -2.80. The molecule has 7 atom stereocenters. The molecule has 4 aliphatic heterocycles. The van der Waals surface area contributed by atoms with Crippen molar-refractivity contribution in [2.45, 2.75) is 63.3 Å². The molecular weight excluding hydrogens is 502 g/mol. The third-order valence-electron chi connectivity index (χ3n) is 9.33. The van der Waals surface area contributed by atoms with Crippen molar-refractivity contribution in [3.05, 3.63) is 25.3 Å². The van der Waals surface area contributed by atoms with Gasteiger partial charge in [-0.2, -0.15) is 0 Å². The van der Waals surface area contributed by atoms with E-state index >= 15 is 0 Å². The number of aliphatic hydroxyl groups is 1. The molecule has 0 radical (unpaired) electrons. The summed E-state index contributed by atoms with van der Waals surface area (Å²) in [7, 11) is 0. The monoisotopic (exact) mass is 547 g/mol. The summed E-state index contributed by atoms with van der Waals surface area (Å²) < 4.78 is 17.8. The van der Waals surface area contributed by atoms with Crippen molar-refractivity contribution in [3.63, 3.8) is 0 Å². The minimum Gasteiger partial charge on any atom is -0.465 e. The molecule has 2 amide bonds. The van der Waals surface area contributed by atoms with Crippen LogP contribution in [0.5, 0.6) is 0 Å². The number of amides is 2. The molecule has 39 heavy (non-hydrogen) atoms. The summed E-state index contributed by atoms with van der Waals surface area (Å²) in [5.41, 5.74) is -2.11. The molecule has 0 saturated carbocycles. The van der Waals surface area contributed by atoms with E-state index in [9.17, 15) is 19.5 Å². The Kier molecular flexibility index (Phi) is 9.20. The van der Waals surface area contributed by atoms with Crippen LogP contribution in [0.25, 0.3) is 0 Å². The Bertz CT molecular complexity index is 949. The molecule has 0 aromatic carbocycles. The fourth-order valence-electron chi connectivity index (χ4n) is 7.16. The van der Waals surface area contributed by atoms with Gasteiger partial charge < -0.3 is 29.1 Å². The average molecular weight is 548 g/mol. The second-order valence-corrected chi connectivity index (χ2v) is 11.5. The first-order chi connectivity index (χ1) is 18.7. The number of morpholine rings is 1. The fraction of sp³-hybridized carbons (Fsp3) is 0.759. The highest BCUT2D eigenvalue weighted by Crippen LogP contribution is 2.65. The molecule has 0 aromatic rings. The normalized spacial score (nSPS) is 34.6. The van der Waals surface area contributed by atoms with Crippen LogP contribution in [0.4, 0.5) is 0 Å². The van der Waals surface area contributed by atoms with Crippen LogP contribution >= 0.6 is 0 Å². The van der Waals surface area contributed by atoms with Crippen LogP contribution in [-0.4, -0.2) is 120 Å². The number of likely N-dealkylation sites (tertiary alicyclic amines) is 1. The molecule has 0 aromatic heterocycles. The number of nitrogens with zero attached hydrogens (tertiary/aromatic N) is 3. The summed E-state index contributed by atoms with van der Waals surface area (Å²) >= 11 is 0. The fourth-order valence-corrected chi connectivity index (χ4v) is 7.16. The topological polar surface area (TPSA) is 109 Å². The van der Waals surface area contributed by atoms with E-state index in [1.165, 1.54) is 4.90 Å². The van der Waals surface area contributed by atoms with Gasteiger partial charge >= 0.3 is 5.97 Å². The minimum absolute atomic E-state index is 0.0795. The van der Waals surface area contributed by atoms with E-state index in [2.05, 4.69) is 18.1 Å². The Labute approximate surface area is 231 Å². The van der Waals surface area contributed by atoms with Crippen molar-refractivity contribution < 1.29 is 33.7 Å². The van der Waals surface area contributed by atoms with Crippen LogP contribution in [0.15, 0.2) is 25.3 Å². The summed E-state index contributed by atoms with van der Waals surface area (Å²) in [5, 5.41) is 10.3. The van der Waals surface area contributed by atoms with E-state index in [0.29, 0.717) is 52.1 Å². The van der Waals surface area contributed by atoms with Gasteiger partial charge in [0.05, 0.1) is 44.0 Å². The second-order valence-electron chi connectivity index (χ2n) is 11.5. The highest BCUT2D eigenvalue weighted by molar-refractivity contribution is 5.98. The third-order valence-corrected chi connectivity index (χ3v) is 9.33. The summed E-state index contributed by atoms with van der Waals surface area (Å²) in [6.45, 7) is 17.5. The van der Waals surface area contributed by atoms with Gasteiger partial charge in [-0.1, -0.05) is 26.0 Å². The van der Waals surface area contributed by atoms with Crippen LogP contribution in [0.1, 0.15) is 40.0 Å². The number of aliphatic hydroxyl groups excluding tert-OH is 1. The van der Waals surface area contributed by atoms with Crippen molar-refractivity contribution in [1.29, 1.82) is 0 Å². The predicted octanol–water partition coefficient (Wildman–Crippen LogP) is 1.23. The van der Waals surface area contributed by atoms with Gasteiger partial charge in [0.25, 0.3) is 0 Å². The molecule has 4 rings (SSSR count). The largest absolute Gasteiger partial charge is 0.465 e. The molecule has 218 valence electrons. The maximum Gasteiger partial charge on any atom is 0.312 e. The lowest BCUT2D eigenvalue weighted by Crippen LogP contribution is -2.59. The second kappa shape index (κ2) is 12.1. The Morgan fingerprint density at radius 2 is 2.00 bits per heavy atom. The number of ether oxygens (including phenoxy) is 3. The summed E-state index contributed by atoms with van der Waals surface area (Å²) in [6, 6.07) is -1.52. The number of hydrogen-bond acceptors (Lipinski definition) is 8. The zero-order chi connectivity index (χ0) is 28.4. The van der Waals surface area contributed by atoms with Gasteiger partial charge in [0.1, 0.15) is 17.6 Å². The molecule has 10 nitrogen and oxygen atoms in total. The van der Waals surface area contributed by atoms with Crippen molar-refractivity contribution >= 4 is 17.8 Å². The maximum atomic E-state index is 14.5. The highest BCUT2D eigenvalue weighted by Gasteiger charge is 2.80. The maximum absolute atomic E-state index is 14.5. The van der Waals surface area contributed by atoms with Gasteiger partial charge in [0.15, 0.2) is 0 Å². The Morgan fingerprint density at radius 3 is 2.62 bits per heavy atom. The van der Waals surface area contributed by atoms with Gasteiger partial charge in [-0.05, 0) is 32.1 Å². The van der Waals surface area contributed by atoms with Crippen LogP contribution in [0.3, 0.4) is 0 Å². The van der Waals surface area contributed by atoms with Crippen LogP contribution < -0.4 is 0 Å². The Balaban J connectivity index is 1.70. The van der Waals surface area contributed by atoms with Gasteiger partial charge in [0.2, 0.25) is 11.8 Å². The van der Waals surface area contributed by atoms with E-state index < -0.39 is 41.1 Å². The van der Waals surface area contributed by atoms with E-state index in [1.54, 1.807) is 17.1 Å². The van der Waals surface area contributed by atoms with Crippen molar-refractivity contribution in [3.8, 4) is 0 Å². The van der Waals surface area contributed by atoms with Gasteiger partial charge in [-0.3, -0.25) is 19.3 Å². The summed E-state index contributed by atoms with van der Waals surface area (Å²) in [6.07, 6.45) is 4.80. The molecule has 0 aliphatic carbocycles. The lowest BCUT2D eigenvalue weighted by Gasteiger charge is -2.40. The number of fused-ring (bicyclic) bond motifs is 1. The first-order valence-corrected chi connectivity index (χ1v) is 14.3. The van der Waals surface area contributed by atoms with Crippen LogP contribution in [0, 0.1) is 17.8 Å². The molecule has 2 bridgehead atoms. The van der Waals surface area contributed by atoms with E-state index in [0.717, 1.165) is 13.1 Å². The number of carbonyl (C=O) groups is 3. The van der Waals surface area contributed by atoms with Crippen molar-refractivity contribution in [2.24, 2.45) is 17.8 Å². The lowest BCUT2D eigenvalue weighted by molar-refractivity contribution is -0.163. The molecule has 4 heterocycles. The number of rotatable bonds is 13. The molecule has 4 fully saturated rings. The molecule has 3 unspecified atom stereocenters. The van der Waals surface area contributed by atoms with Crippen LogP contribution in [0.2, 0.25) is 0 Å². The predicted molar refractivity (Wildman–Crippen MR) is 145 cm³/mol. The molecule has 4 saturated heterocycles. The molecule has 4 aliphatic rings. The molecule has 1 spiro atoms. The average Bonchev–Trinajstić information content (AvgIpc) is 3.44. The Morgan fingerprint density at radius 1 is 1.28 bits per heavy atom. The first-order valence-electron chi connectivity index (χ1n) is 14.3. The standard InChI is InChI=1S/C29H45N3O7/c1-6-9-15-38-27(36)23-22-25(34)32(21(8-3)19-33)24(29(22)18-20(4)28(23,5)39-29)26(35)31(10-7-2)12-11-30-13-16-37-17-14-30/h6-7,20-24,33H,1-2,8-19H2,3-5H3/t20?,21-,22-,23-,24?,28+,29?/m0/s1. The number of esters is 1. The van der Waals surface area contributed by atoms with Crippen LogP contribution in [-0.2, 0) is 28.6 Å². The molecular formula is C29H45N3O7. The number of carbonyl (C=O) groups excluding carboxylic acids is 3. The van der Waals surface area contributed by atoms with E-state index in [1.807, 2.05) is 20.8 Å². The zero-order valence-electron chi connectivity index (χ0n) is 23.7. The smallest absolute Gasteiger partial charge is 0.312 e. The van der Waals surface area contributed by atoms with Crippen molar-refractivity contribution in [1.82, 2.24) is 14.7 Å². The van der Waals surface area contributed by atoms with Gasteiger partial charge in [-0.15, -0.1) is 13.2 Å². The molecule has 10 heteroatoms. The molecule has 1 N–H and O–H groups in total. The third kappa shape index (κ3) is 5.05. The van der Waals surface area contributed by atoms with E-state index in [4.69, 9.17) is 14.2 Å². The van der Waals surface area contributed by atoms with Gasteiger partial charge in [0, 0.05) is 32.7 Å². The summed E-state index contributed by atoms with van der Waals surface area (Å²) in [4.78, 5) is 47.7. The Hall–Kier alpha value is -2.27. The van der Waals surface area contributed by atoms with Crippen molar-refractivity contribution in [2.75, 3.05) is 59.2 Å². The SMILES string of the molecule is C=CCCOC(=O)[C@@H]1[C@H]2C(=O)N([C@@H](CC)CO)C(C(=O)N(CC=C)CCN3CCOCC3)C23CC(C)[C@@]1(C)O3. The van der Waals surface area contributed by atoms with Gasteiger partial charge in [-0.25, -0.2) is 0 Å². The highest BCUT2D eigenvalue weighted by atomic mass is 16.6. The quantitative estimate of drug-likeness (QED) is 0.208. The van der Waals surface area contributed by atoms with E-state index in [-0.39, 0.29) is 30.9 Å². The first kappa shape index (κ1) is 29.7. The number of hydrogen-bond donors (Lipinski definition) is 1.